The van der Waals surface area contributed by atoms with Crippen LogP contribution in [0.4, 0.5) is 10.5 Å². The minimum absolute atomic E-state index is 0.230. The minimum atomic E-state index is -0.506. The number of benzene rings is 3. The number of rotatable bonds is 4. The van der Waals surface area contributed by atoms with Crippen LogP contribution in [0.15, 0.2) is 66.7 Å². The molecular weight excluding hydrogens is 414 g/mol. The van der Waals surface area contributed by atoms with Crippen molar-refractivity contribution in [1.82, 2.24) is 19.7 Å². The van der Waals surface area contributed by atoms with Crippen LogP contribution in [0.2, 0.25) is 0 Å². The number of hydrogen-bond acceptors (Lipinski definition) is 6. The first-order valence-electron chi connectivity index (χ1n) is 9.39. The summed E-state index contributed by atoms with van der Waals surface area (Å²) in [5.74, 6) is 0.747. The number of methoxy groups -OCH3 is 1. The Bertz CT molecular complexity index is 1250. The number of carbonyl (C=O) groups excluding carboxylic acids is 2. The fourth-order valence-electron chi connectivity index (χ4n) is 2.93. The third-order valence-corrected chi connectivity index (χ3v) is 5.24. The Morgan fingerprint density at radius 3 is 2.45 bits per heavy atom. The van der Waals surface area contributed by atoms with E-state index in [9.17, 15) is 9.59 Å². The van der Waals surface area contributed by atoms with Gasteiger partial charge in [0.25, 0.3) is 0 Å². The van der Waals surface area contributed by atoms with Crippen molar-refractivity contribution in [3.63, 3.8) is 0 Å². The van der Waals surface area contributed by atoms with Crippen molar-refractivity contribution >= 4 is 39.8 Å². The molecule has 0 spiro atoms. The van der Waals surface area contributed by atoms with Crippen LogP contribution in [0.3, 0.4) is 0 Å². The summed E-state index contributed by atoms with van der Waals surface area (Å²) in [6, 6.07) is 19.3. The smallest absolute Gasteiger partial charge is 0.329 e. The summed E-state index contributed by atoms with van der Waals surface area (Å²) >= 11 is 0.736. The second-order valence-corrected chi connectivity index (χ2v) is 7.43. The summed E-state index contributed by atoms with van der Waals surface area (Å²) in [5.41, 5.74) is 4.05. The van der Waals surface area contributed by atoms with E-state index in [1.54, 1.807) is 37.4 Å². The molecule has 8 nitrogen and oxygen atoms in total. The molecule has 4 aromatic rings. The highest BCUT2D eigenvalue weighted by atomic mass is 32.2. The Morgan fingerprint density at radius 1 is 0.968 bits per heavy atom. The highest BCUT2D eigenvalue weighted by Crippen LogP contribution is 2.19. The first-order valence-corrected chi connectivity index (χ1v) is 10.2. The predicted octanol–water partition coefficient (Wildman–Crippen LogP) is 4.35. The van der Waals surface area contributed by atoms with Gasteiger partial charge < -0.3 is 10.1 Å². The summed E-state index contributed by atoms with van der Waals surface area (Å²) < 4.78 is 7.67. The maximum atomic E-state index is 12.3. The number of carbonyl (C=O) groups is 2. The zero-order chi connectivity index (χ0) is 21.8. The van der Waals surface area contributed by atoms with Crippen LogP contribution in [0.1, 0.15) is 15.9 Å². The van der Waals surface area contributed by atoms with Gasteiger partial charge in [0.1, 0.15) is 16.8 Å². The summed E-state index contributed by atoms with van der Waals surface area (Å²) in [6.45, 7) is 1.85. The monoisotopic (exact) mass is 433 g/mol. The standard InChI is InChI=1S/C22H19N5O3S/c1-14-5-3-4-6-18(14)21(28)31-26-22(29)23-15-7-12-19-20(13-15)25-27(24-19)16-8-10-17(30-2)11-9-16/h3-13H,1-2H3,(H2,23,26,29). The van der Waals surface area contributed by atoms with Crippen LogP contribution in [0, 0.1) is 6.92 Å². The van der Waals surface area contributed by atoms with Crippen molar-refractivity contribution in [2.24, 2.45) is 0 Å². The lowest BCUT2D eigenvalue weighted by atomic mass is 10.1. The fraction of sp³-hybridized carbons (Fsp3) is 0.0909. The number of amides is 2. The van der Waals surface area contributed by atoms with Gasteiger partial charge in [-0.1, -0.05) is 24.3 Å². The van der Waals surface area contributed by atoms with Crippen molar-refractivity contribution in [2.45, 2.75) is 6.92 Å². The maximum absolute atomic E-state index is 12.3. The number of nitrogens with zero attached hydrogens (tertiary/aromatic N) is 3. The van der Waals surface area contributed by atoms with Gasteiger partial charge in [-0.15, -0.1) is 10.2 Å². The number of aromatic nitrogens is 3. The number of anilines is 1. The average Bonchev–Trinajstić information content (AvgIpc) is 3.21. The highest BCUT2D eigenvalue weighted by molar-refractivity contribution is 8.12. The lowest BCUT2D eigenvalue weighted by Gasteiger charge is -2.07. The maximum Gasteiger partial charge on any atom is 0.329 e. The lowest BCUT2D eigenvalue weighted by Crippen LogP contribution is -2.24. The number of urea groups is 1. The second-order valence-electron chi connectivity index (χ2n) is 6.65. The summed E-state index contributed by atoms with van der Waals surface area (Å²) in [4.78, 5) is 26.0. The van der Waals surface area contributed by atoms with Gasteiger partial charge in [0, 0.05) is 23.2 Å². The molecule has 0 bridgehead atoms. The summed E-state index contributed by atoms with van der Waals surface area (Å²) in [6.07, 6.45) is 0. The number of aryl methyl sites for hydroxylation is 1. The molecule has 9 heteroatoms. The summed E-state index contributed by atoms with van der Waals surface area (Å²) in [5, 5.41) is 11.4. The molecule has 3 aromatic carbocycles. The molecule has 31 heavy (non-hydrogen) atoms. The van der Waals surface area contributed by atoms with Crippen molar-refractivity contribution in [2.75, 3.05) is 12.4 Å². The van der Waals surface area contributed by atoms with E-state index in [1.807, 2.05) is 43.3 Å². The van der Waals surface area contributed by atoms with Crippen molar-refractivity contribution < 1.29 is 14.3 Å². The molecule has 1 heterocycles. The normalized spacial score (nSPS) is 10.6. The van der Waals surface area contributed by atoms with Gasteiger partial charge >= 0.3 is 6.03 Å². The first kappa shape index (κ1) is 20.4. The van der Waals surface area contributed by atoms with Crippen LogP contribution >= 0.6 is 11.9 Å². The van der Waals surface area contributed by atoms with E-state index < -0.39 is 6.03 Å². The SMILES string of the molecule is COc1ccc(-n2nc3ccc(NC(=O)NSC(=O)c4ccccc4C)cc3n2)cc1. The number of fused-ring (bicyclic) bond motifs is 1. The number of nitrogens with one attached hydrogen (secondary N) is 2. The minimum Gasteiger partial charge on any atom is -0.497 e. The van der Waals surface area contributed by atoms with E-state index >= 15 is 0 Å². The van der Waals surface area contributed by atoms with Crippen molar-refractivity contribution in [3.05, 3.63) is 77.9 Å². The molecule has 2 amide bonds. The average molecular weight is 433 g/mol. The molecule has 0 saturated heterocycles. The van der Waals surface area contributed by atoms with Gasteiger partial charge in [-0.05, 0) is 55.0 Å². The van der Waals surface area contributed by atoms with E-state index in [-0.39, 0.29) is 5.12 Å². The third kappa shape index (κ3) is 4.67. The van der Waals surface area contributed by atoms with Crippen LogP contribution in [0.5, 0.6) is 5.75 Å². The van der Waals surface area contributed by atoms with Gasteiger partial charge in [0.05, 0.1) is 12.8 Å². The van der Waals surface area contributed by atoms with E-state index in [0.29, 0.717) is 22.3 Å². The van der Waals surface area contributed by atoms with E-state index in [1.165, 1.54) is 4.80 Å². The molecule has 0 radical (unpaired) electrons. The Kier molecular flexibility index (Phi) is 5.85. The molecule has 0 aliphatic rings. The van der Waals surface area contributed by atoms with Crippen molar-refractivity contribution in [1.29, 1.82) is 0 Å². The molecule has 0 aliphatic heterocycles. The molecule has 0 saturated carbocycles. The van der Waals surface area contributed by atoms with Crippen LogP contribution in [0.25, 0.3) is 16.7 Å². The van der Waals surface area contributed by atoms with Crippen LogP contribution in [-0.4, -0.2) is 33.3 Å². The number of hydrogen-bond donors (Lipinski definition) is 2. The topological polar surface area (TPSA) is 98.1 Å². The second kappa shape index (κ2) is 8.88. The van der Waals surface area contributed by atoms with Gasteiger partial charge in [-0.2, -0.15) is 4.80 Å². The molecule has 2 N–H and O–H groups in total. The quantitative estimate of drug-likeness (QED) is 0.465. The molecular formula is C22H19N5O3S. The van der Waals surface area contributed by atoms with Gasteiger partial charge in [0.15, 0.2) is 0 Å². The molecule has 0 aliphatic carbocycles. The molecule has 156 valence electrons. The Balaban J connectivity index is 1.41. The predicted molar refractivity (Wildman–Crippen MR) is 121 cm³/mol. The van der Waals surface area contributed by atoms with Crippen LogP contribution in [-0.2, 0) is 0 Å². The van der Waals surface area contributed by atoms with E-state index in [4.69, 9.17) is 4.74 Å². The molecule has 1 aromatic heterocycles. The Hall–Kier alpha value is -3.85. The Morgan fingerprint density at radius 2 is 1.71 bits per heavy atom. The fourth-order valence-corrected chi connectivity index (χ4v) is 3.50. The van der Waals surface area contributed by atoms with Crippen LogP contribution < -0.4 is 14.8 Å². The third-order valence-electron chi connectivity index (χ3n) is 4.54. The van der Waals surface area contributed by atoms with E-state index in [2.05, 4.69) is 20.2 Å². The zero-order valence-corrected chi connectivity index (χ0v) is 17.6. The molecule has 0 unspecified atom stereocenters. The highest BCUT2D eigenvalue weighted by Gasteiger charge is 2.12. The summed E-state index contributed by atoms with van der Waals surface area (Å²) in [7, 11) is 1.61. The lowest BCUT2D eigenvalue weighted by molar-refractivity contribution is 0.108. The molecule has 0 atom stereocenters. The van der Waals surface area contributed by atoms with E-state index in [0.717, 1.165) is 28.9 Å². The van der Waals surface area contributed by atoms with Crippen molar-refractivity contribution in [3.8, 4) is 11.4 Å². The zero-order valence-electron chi connectivity index (χ0n) is 16.8. The number of ether oxygens (including phenoxy) is 1. The van der Waals surface area contributed by atoms with Gasteiger partial charge in [0.2, 0.25) is 5.12 Å². The molecule has 0 fully saturated rings. The van der Waals surface area contributed by atoms with Gasteiger partial charge in [-0.3, -0.25) is 9.52 Å². The first-order chi connectivity index (χ1) is 15.0. The van der Waals surface area contributed by atoms with Gasteiger partial charge in [-0.25, -0.2) is 4.79 Å². The largest absolute Gasteiger partial charge is 0.497 e. The molecule has 4 rings (SSSR count). The Labute approximate surface area is 182 Å².